The van der Waals surface area contributed by atoms with E-state index in [4.69, 9.17) is 0 Å². The molecule has 0 aromatic carbocycles. The quantitative estimate of drug-likeness (QED) is 0.882. The zero-order valence-corrected chi connectivity index (χ0v) is 11.4. The monoisotopic (exact) mass is 249 g/mol. The van der Waals surface area contributed by atoms with Crippen LogP contribution in [0.5, 0.6) is 0 Å². The highest BCUT2D eigenvalue weighted by molar-refractivity contribution is 7.07. The van der Waals surface area contributed by atoms with Crippen LogP contribution < -0.4 is 5.32 Å². The number of hydrogen-bond acceptors (Lipinski definition) is 3. The van der Waals surface area contributed by atoms with Crippen molar-refractivity contribution in [3.63, 3.8) is 0 Å². The normalized spacial score (nSPS) is 12.9. The van der Waals surface area contributed by atoms with Gasteiger partial charge in [0.1, 0.15) is 0 Å². The van der Waals surface area contributed by atoms with Crippen molar-refractivity contribution in [1.82, 2.24) is 15.1 Å². The van der Waals surface area contributed by atoms with Crippen molar-refractivity contribution in [2.24, 2.45) is 7.05 Å². The summed E-state index contributed by atoms with van der Waals surface area (Å²) in [7, 11) is 1.98. The van der Waals surface area contributed by atoms with Crippen molar-refractivity contribution in [3.05, 3.63) is 39.8 Å². The first-order valence-electron chi connectivity index (χ1n) is 5.88. The molecule has 0 radical (unpaired) electrons. The summed E-state index contributed by atoms with van der Waals surface area (Å²) in [6.07, 6.45) is 3.03. The van der Waals surface area contributed by atoms with Crippen LogP contribution in [0.1, 0.15) is 23.7 Å². The fourth-order valence-corrected chi connectivity index (χ4v) is 2.52. The van der Waals surface area contributed by atoms with Gasteiger partial charge in [0.15, 0.2) is 0 Å². The van der Waals surface area contributed by atoms with Crippen LogP contribution in [0, 0.1) is 6.92 Å². The summed E-state index contributed by atoms with van der Waals surface area (Å²) in [5, 5.41) is 12.1. The van der Waals surface area contributed by atoms with E-state index in [0.717, 1.165) is 13.0 Å². The van der Waals surface area contributed by atoms with E-state index in [-0.39, 0.29) is 0 Å². The SMILES string of the molecule is Cc1c(CNC(C)Cc2ccsc2)cnn1C. The van der Waals surface area contributed by atoms with Crippen LogP contribution in [-0.2, 0) is 20.0 Å². The summed E-state index contributed by atoms with van der Waals surface area (Å²) in [5.74, 6) is 0. The van der Waals surface area contributed by atoms with Crippen LogP contribution in [-0.4, -0.2) is 15.8 Å². The number of aromatic nitrogens is 2. The Labute approximate surface area is 106 Å². The molecule has 2 heterocycles. The zero-order chi connectivity index (χ0) is 12.3. The first-order chi connectivity index (χ1) is 8.16. The van der Waals surface area contributed by atoms with E-state index in [1.54, 1.807) is 11.3 Å². The lowest BCUT2D eigenvalue weighted by molar-refractivity contribution is 0.544. The van der Waals surface area contributed by atoms with E-state index in [0.29, 0.717) is 6.04 Å². The summed E-state index contributed by atoms with van der Waals surface area (Å²) < 4.78 is 1.92. The fraction of sp³-hybridized carbons (Fsp3) is 0.462. The van der Waals surface area contributed by atoms with Crippen LogP contribution in [0.3, 0.4) is 0 Å². The molecule has 0 saturated heterocycles. The van der Waals surface area contributed by atoms with Gasteiger partial charge in [-0.3, -0.25) is 4.68 Å². The van der Waals surface area contributed by atoms with Gasteiger partial charge in [0, 0.05) is 30.9 Å². The van der Waals surface area contributed by atoms with Crippen molar-refractivity contribution in [2.75, 3.05) is 0 Å². The fourth-order valence-electron chi connectivity index (χ4n) is 1.84. The summed E-state index contributed by atoms with van der Waals surface area (Å²) in [6, 6.07) is 2.68. The maximum Gasteiger partial charge on any atom is 0.0537 e. The molecule has 2 aromatic heterocycles. The van der Waals surface area contributed by atoms with Crippen LogP contribution >= 0.6 is 11.3 Å². The van der Waals surface area contributed by atoms with Crippen molar-refractivity contribution in [2.45, 2.75) is 32.9 Å². The molecule has 2 aromatic rings. The lowest BCUT2D eigenvalue weighted by atomic mass is 10.1. The number of thiophene rings is 1. The molecular formula is C13H19N3S. The highest BCUT2D eigenvalue weighted by Crippen LogP contribution is 2.10. The summed E-state index contributed by atoms with van der Waals surface area (Å²) in [5.41, 5.74) is 3.93. The molecule has 92 valence electrons. The van der Waals surface area contributed by atoms with E-state index in [9.17, 15) is 0 Å². The van der Waals surface area contributed by atoms with E-state index in [1.807, 2.05) is 17.9 Å². The minimum atomic E-state index is 0.490. The van der Waals surface area contributed by atoms with Gasteiger partial charge in [-0.2, -0.15) is 16.4 Å². The highest BCUT2D eigenvalue weighted by Gasteiger charge is 2.07. The van der Waals surface area contributed by atoms with Crippen LogP contribution in [0.2, 0.25) is 0 Å². The first-order valence-corrected chi connectivity index (χ1v) is 6.83. The lowest BCUT2D eigenvalue weighted by Crippen LogP contribution is -2.27. The van der Waals surface area contributed by atoms with Crippen molar-refractivity contribution >= 4 is 11.3 Å². The highest BCUT2D eigenvalue weighted by atomic mass is 32.1. The Morgan fingerprint density at radius 2 is 2.35 bits per heavy atom. The van der Waals surface area contributed by atoms with Gasteiger partial charge >= 0.3 is 0 Å². The van der Waals surface area contributed by atoms with Gasteiger partial charge in [-0.15, -0.1) is 0 Å². The Morgan fingerprint density at radius 1 is 1.53 bits per heavy atom. The van der Waals surface area contributed by atoms with E-state index < -0.39 is 0 Å². The second-order valence-corrected chi connectivity index (χ2v) is 5.28. The molecule has 4 heteroatoms. The van der Waals surface area contributed by atoms with Crippen molar-refractivity contribution < 1.29 is 0 Å². The van der Waals surface area contributed by atoms with E-state index >= 15 is 0 Å². The molecule has 0 fully saturated rings. The lowest BCUT2D eigenvalue weighted by Gasteiger charge is -2.12. The molecule has 0 bridgehead atoms. The molecule has 0 saturated carbocycles. The molecule has 3 nitrogen and oxygen atoms in total. The van der Waals surface area contributed by atoms with Gasteiger partial charge in [-0.05, 0) is 42.7 Å². The minimum absolute atomic E-state index is 0.490. The topological polar surface area (TPSA) is 29.9 Å². The minimum Gasteiger partial charge on any atom is -0.310 e. The number of hydrogen-bond donors (Lipinski definition) is 1. The van der Waals surface area contributed by atoms with Gasteiger partial charge in [0.2, 0.25) is 0 Å². The number of nitrogens with one attached hydrogen (secondary N) is 1. The van der Waals surface area contributed by atoms with Crippen molar-refractivity contribution in [1.29, 1.82) is 0 Å². The van der Waals surface area contributed by atoms with Gasteiger partial charge in [-0.1, -0.05) is 0 Å². The summed E-state index contributed by atoms with van der Waals surface area (Å²) >= 11 is 1.76. The second-order valence-electron chi connectivity index (χ2n) is 4.50. The zero-order valence-electron chi connectivity index (χ0n) is 10.6. The molecule has 1 unspecified atom stereocenters. The average molecular weight is 249 g/mol. The standard InChI is InChI=1S/C13H19N3S/c1-10(6-12-4-5-17-9-12)14-7-13-8-15-16(3)11(13)2/h4-5,8-10,14H,6-7H2,1-3H3. The largest absolute Gasteiger partial charge is 0.310 e. The Hall–Kier alpha value is -1.13. The van der Waals surface area contributed by atoms with Crippen LogP contribution in [0.25, 0.3) is 0 Å². The third-order valence-electron chi connectivity index (χ3n) is 3.10. The molecule has 2 rings (SSSR count). The predicted molar refractivity (Wildman–Crippen MR) is 72.3 cm³/mol. The molecule has 17 heavy (non-hydrogen) atoms. The molecule has 1 atom stereocenters. The van der Waals surface area contributed by atoms with E-state index in [1.165, 1.54) is 16.8 Å². The molecule has 1 N–H and O–H groups in total. The van der Waals surface area contributed by atoms with Crippen LogP contribution in [0.15, 0.2) is 23.0 Å². The van der Waals surface area contributed by atoms with Gasteiger partial charge in [-0.25, -0.2) is 0 Å². The molecule has 0 aliphatic carbocycles. The number of aryl methyl sites for hydroxylation is 1. The summed E-state index contributed by atoms with van der Waals surface area (Å²) in [4.78, 5) is 0. The molecule has 0 amide bonds. The van der Waals surface area contributed by atoms with Gasteiger partial charge in [0.05, 0.1) is 6.20 Å². The Bertz CT molecular complexity index is 459. The van der Waals surface area contributed by atoms with Crippen molar-refractivity contribution in [3.8, 4) is 0 Å². The van der Waals surface area contributed by atoms with Gasteiger partial charge in [0.25, 0.3) is 0 Å². The Kier molecular flexibility index (Phi) is 3.97. The summed E-state index contributed by atoms with van der Waals surface area (Å²) in [6.45, 7) is 5.22. The number of nitrogens with zero attached hydrogens (tertiary/aromatic N) is 2. The smallest absolute Gasteiger partial charge is 0.0537 e. The third-order valence-corrected chi connectivity index (χ3v) is 3.83. The molecular weight excluding hydrogens is 230 g/mol. The average Bonchev–Trinajstić information content (AvgIpc) is 2.90. The maximum absolute atomic E-state index is 4.25. The Balaban J connectivity index is 1.84. The first kappa shape index (κ1) is 12.3. The maximum atomic E-state index is 4.25. The second kappa shape index (κ2) is 5.47. The molecule has 0 spiro atoms. The Morgan fingerprint density at radius 3 is 2.94 bits per heavy atom. The molecule has 0 aliphatic heterocycles. The molecule has 0 aliphatic rings. The third kappa shape index (κ3) is 3.17. The number of rotatable bonds is 5. The van der Waals surface area contributed by atoms with Gasteiger partial charge < -0.3 is 5.32 Å². The predicted octanol–water partition coefficient (Wildman–Crippen LogP) is 2.51. The van der Waals surface area contributed by atoms with E-state index in [2.05, 4.69) is 41.1 Å². The van der Waals surface area contributed by atoms with Crippen LogP contribution in [0.4, 0.5) is 0 Å².